The highest BCUT2D eigenvalue weighted by molar-refractivity contribution is 6.24. The summed E-state index contributed by atoms with van der Waals surface area (Å²) in [7, 11) is 0. The summed E-state index contributed by atoms with van der Waals surface area (Å²) in [6, 6.07) is 74.4. The quantitative estimate of drug-likeness (QED) is 0.152. The lowest BCUT2D eigenvalue weighted by Crippen LogP contribution is -2.25. The maximum atomic E-state index is 7.36. The molecule has 0 bridgehead atoms. The minimum Gasteiger partial charge on any atom is -0.457 e. The van der Waals surface area contributed by atoms with E-state index in [1.165, 1.54) is 44.5 Å². The monoisotopic (exact) mass is 1020 g/mol. The van der Waals surface area contributed by atoms with E-state index in [9.17, 15) is 0 Å². The molecule has 1 aliphatic heterocycles. The Labute approximate surface area is 457 Å². The Balaban J connectivity index is 1.02. The molecule has 0 amide bonds. The average Bonchev–Trinajstić information content (AvgIpc) is 4.27. The van der Waals surface area contributed by atoms with Gasteiger partial charge >= 0.3 is 0 Å². The van der Waals surface area contributed by atoms with Crippen LogP contribution in [0.15, 0.2) is 217 Å². The normalized spacial score (nSPS) is 13.1. The van der Waals surface area contributed by atoms with Crippen LogP contribution in [0.3, 0.4) is 0 Å². The van der Waals surface area contributed by atoms with Crippen molar-refractivity contribution in [1.29, 1.82) is 0 Å². The molecule has 78 heavy (non-hydrogen) atoms. The predicted molar refractivity (Wildman–Crippen MR) is 327 cm³/mol. The van der Waals surface area contributed by atoms with Crippen molar-refractivity contribution in [3.05, 3.63) is 229 Å². The number of nitrogens with zero attached hydrogens (tertiary/aromatic N) is 4. The number of furan rings is 1. The Morgan fingerprint density at radius 2 is 1.08 bits per heavy atom. The third-order valence-electron chi connectivity index (χ3n) is 15.7. The molecular formula is C72H64N4O2. The maximum absolute atomic E-state index is 7.36. The molecule has 4 heterocycles. The van der Waals surface area contributed by atoms with E-state index in [0.29, 0.717) is 6.67 Å². The van der Waals surface area contributed by atoms with Gasteiger partial charge in [-0.1, -0.05) is 190 Å². The molecule has 13 rings (SSSR count). The summed E-state index contributed by atoms with van der Waals surface area (Å²) in [5.41, 5.74) is 18.6. The molecule has 6 heteroatoms. The number of ether oxygens (including phenoxy) is 1. The Hall–Kier alpha value is -8.87. The van der Waals surface area contributed by atoms with Gasteiger partial charge in [-0.05, 0) is 122 Å². The largest absolute Gasteiger partial charge is 0.457 e. The SMILES string of the molecule is CC(C)(C)c1ccnc(-n2c3cc(Oc4cc(-c5c(C(C)(C)C)cccc5C(C)(C)C)cc(N5CN(c6c(-c7ccccc7)cccc6-c6ccccc6)c6ccccc65)c4)ccc3c3c4oc5ccccc5c4ccc32)c1. The Morgan fingerprint density at radius 1 is 0.462 bits per heavy atom. The molecule has 384 valence electrons. The minimum atomic E-state index is -0.151. The first-order valence-corrected chi connectivity index (χ1v) is 27.3. The van der Waals surface area contributed by atoms with Crippen LogP contribution >= 0.6 is 0 Å². The molecule has 0 saturated carbocycles. The van der Waals surface area contributed by atoms with Gasteiger partial charge in [0.2, 0.25) is 0 Å². The second-order valence-electron chi connectivity index (χ2n) is 24.1. The predicted octanol–water partition coefficient (Wildman–Crippen LogP) is 20.0. The van der Waals surface area contributed by atoms with Crippen molar-refractivity contribution < 1.29 is 9.15 Å². The van der Waals surface area contributed by atoms with Crippen molar-refractivity contribution in [3.8, 4) is 50.7 Å². The number of hydrogen-bond donors (Lipinski definition) is 0. The molecule has 0 N–H and O–H groups in total. The zero-order chi connectivity index (χ0) is 53.7. The van der Waals surface area contributed by atoms with Crippen molar-refractivity contribution in [1.82, 2.24) is 9.55 Å². The Kier molecular flexibility index (Phi) is 11.5. The van der Waals surface area contributed by atoms with Gasteiger partial charge in [0.1, 0.15) is 35.2 Å². The number of fused-ring (bicyclic) bond motifs is 8. The summed E-state index contributed by atoms with van der Waals surface area (Å²) in [5.74, 6) is 2.30. The summed E-state index contributed by atoms with van der Waals surface area (Å²) < 4.78 is 16.4. The fourth-order valence-corrected chi connectivity index (χ4v) is 11.9. The molecule has 1 aliphatic rings. The van der Waals surface area contributed by atoms with Crippen molar-refractivity contribution in [3.63, 3.8) is 0 Å². The number of rotatable bonds is 8. The lowest BCUT2D eigenvalue weighted by Gasteiger charge is -2.31. The molecule has 0 atom stereocenters. The second kappa shape index (κ2) is 18.4. The van der Waals surface area contributed by atoms with Crippen molar-refractivity contribution >= 4 is 66.5 Å². The van der Waals surface area contributed by atoms with Gasteiger partial charge in [-0.2, -0.15) is 0 Å². The minimum absolute atomic E-state index is 0.0831. The van der Waals surface area contributed by atoms with Gasteiger partial charge in [-0.3, -0.25) is 4.57 Å². The van der Waals surface area contributed by atoms with Crippen LogP contribution in [0.2, 0.25) is 0 Å². The van der Waals surface area contributed by atoms with Gasteiger partial charge in [0, 0.05) is 51.3 Å². The van der Waals surface area contributed by atoms with Crippen molar-refractivity contribution in [2.45, 2.75) is 78.6 Å². The number of anilines is 4. The maximum Gasteiger partial charge on any atom is 0.145 e. The van der Waals surface area contributed by atoms with E-state index < -0.39 is 0 Å². The molecule has 0 radical (unpaired) electrons. The first-order valence-electron chi connectivity index (χ1n) is 27.3. The van der Waals surface area contributed by atoms with Crippen LogP contribution in [0.25, 0.3) is 82.9 Å². The number of para-hydroxylation sites is 4. The first-order chi connectivity index (χ1) is 37.6. The Morgan fingerprint density at radius 3 is 1.74 bits per heavy atom. The van der Waals surface area contributed by atoms with Gasteiger partial charge in [0.25, 0.3) is 0 Å². The van der Waals surface area contributed by atoms with E-state index in [4.69, 9.17) is 14.1 Å². The number of aromatic nitrogens is 2. The second-order valence-corrected chi connectivity index (χ2v) is 24.1. The third-order valence-corrected chi connectivity index (χ3v) is 15.7. The highest BCUT2D eigenvalue weighted by Crippen LogP contribution is 2.52. The van der Waals surface area contributed by atoms with Crippen LogP contribution in [0.1, 0.15) is 79.0 Å². The molecule has 0 unspecified atom stereocenters. The van der Waals surface area contributed by atoms with Crippen molar-refractivity contribution in [2.75, 3.05) is 16.5 Å². The lowest BCUT2D eigenvalue weighted by atomic mass is 9.74. The zero-order valence-corrected chi connectivity index (χ0v) is 46.0. The summed E-state index contributed by atoms with van der Waals surface area (Å²) >= 11 is 0. The molecule has 0 fully saturated rings. The summed E-state index contributed by atoms with van der Waals surface area (Å²) in [6.45, 7) is 21.2. The van der Waals surface area contributed by atoms with Gasteiger partial charge < -0.3 is 19.0 Å². The topological polar surface area (TPSA) is 46.7 Å². The van der Waals surface area contributed by atoms with E-state index in [0.717, 1.165) is 89.4 Å². The zero-order valence-electron chi connectivity index (χ0n) is 46.0. The molecule has 12 aromatic rings. The van der Waals surface area contributed by atoms with Crippen LogP contribution in [-0.2, 0) is 16.2 Å². The Bertz CT molecular complexity index is 4190. The number of pyridine rings is 1. The first kappa shape index (κ1) is 48.8. The van der Waals surface area contributed by atoms with Gasteiger partial charge in [-0.25, -0.2) is 4.98 Å². The summed E-state index contributed by atoms with van der Waals surface area (Å²) in [6.07, 6.45) is 1.93. The van der Waals surface area contributed by atoms with E-state index in [1.54, 1.807) is 0 Å². The highest BCUT2D eigenvalue weighted by atomic mass is 16.5. The highest BCUT2D eigenvalue weighted by Gasteiger charge is 2.33. The van der Waals surface area contributed by atoms with Gasteiger partial charge in [0.15, 0.2) is 0 Å². The summed E-state index contributed by atoms with van der Waals surface area (Å²) in [4.78, 5) is 10.0. The molecule has 0 saturated heterocycles. The van der Waals surface area contributed by atoms with Crippen LogP contribution < -0.4 is 14.5 Å². The smallest absolute Gasteiger partial charge is 0.145 e. The standard InChI is InChI=1S/C72H64N4O2/c1-70(2,3)49-38-39-73-65(42-49)76-62-37-36-56-55-26-16-19-33-64(55)78-69(56)67(62)57-35-34-51(44-63(57)76)77-52-41-48(66-58(71(4,5)6)29-21-30-59(66)72(7,8)9)40-50(43-52)74-45-75(61-32-18-17-31-60(61)74)68-53(46-22-12-10-13-23-46)27-20-28-54(68)47-24-14-11-15-25-47/h10-44H,45H2,1-9H3. The van der Waals surface area contributed by atoms with E-state index in [-0.39, 0.29) is 16.2 Å². The summed E-state index contributed by atoms with van der Waals surface area (Å²) in [5, 5.41) is 4.30. The lowest BCUT2D eigenvalue weighted by molar-refractivity contribution is 0.483. The van der Waals surface area contributed by atoms with Gasteiger partial charge in [-0.15, -0.1) is 0 Å². The molecule has 6 nitrogen and oxygen atoms in total. The van der Waals surface area contributed by atoms with E-state index in [1.807, 2.05) is 12.3 Å². The van der Waals surface area contributed by atoms with Gasteiger partial charge in [0.05, 0.1) is 33.5 Å². The third kappa shape index (κ3) is 8.38. The number of hydrogen-bond acceptors (Lipinski definition) is 5. The fraction of sp³-hybridized carbons (Fsp3) is 0.181. The van der Waals surface area contributed by atoms with Crippen LogP contribution in [-0.4, -0.2) is 16.2 Å². The molecular weight excluding hydrogens is 953 g/mol. The molecule has 0 spiro atoms. The molecule has 0 aliphatic carbocycles. The molecule has 9 aromatic carbocycles. The van der Waals surface area contributed by atoms with E-state index in [2.05, 4.69) is 277 Å². The molecule has 3 aromatic heterocycles. The van der Waals surface area contributed by atoms with Crippen molar-refractivity contribution in [2.24, 2.45) is 0 Å². The number of benzene rings is 9. The average molecular weight is 1020 g/mol. The van der Waals surface area contributed by atoms with Crippen LogP contribution in [0, 0.1) is 0 Å². The fourth-order valence-electron chi connectivity index (χ4n) is 11.9. The van der Waals surface area contributed by atoms with E-state index >= 15 is 0 Å². The van der Waals surface area contributed by atoms with Crippen LogP contribution in [0.5, 0.6) is 11.5 Å². The van der Waals surface area contributed by atoms with Crippen LogP contribution in [0.4, 0.5) is 22.7 Å².